The van der Waals surface area contributed by atoms with E-state index in [9.17, 15) is 20.0 Å². The van der Waals surface area contributed by atoms with Gasteiger partial charge in [0.25, 0.3) is 0 Å². The average molecular weight is 374 g/mol. The summed E-state index contributed by atoms with van der Waals surface area (Å²) in [7, 11) is 0. The number of benzene rings is 1. The highest BCUT2D eigenvalue weighted by molar-refractivity contribution is 6.36. The molecule has 0 saturated carbocycles. The third kappa shape index (κ3) is 7.06. The van der Waals surface area contributed by atoms with Crippen LogP contribution in [0.5, 0.6) is 0 Å². The van der Waals surface area contributed by atoms with Crippen molar-refractivity contribution in [3.8, 4) is 0 Å². The Balaban J connectivity index is 2.94. The number of nitrogens with one attached hydrogen (secondary N) is 2. The first kappa shape index (κ1) is 20.8. The van der Waals surface area contributed by atoms with Crippen LogP contribution in [-0.2, 0) is 19.1 Å². The maximum absolute atomic E-state index is 11.9. The predicted octanol–water partition coefficient (Wildman–Crippen LogP) is 1.42. The van der Waals surface area contributed by atoms with Crippen LogP contribution in [0.15, 0.2) is 23.3 Å². The number of ether oxygens (including phenoxy) is 2. The monoisotopic (exact) mass is 373 g/mol. The normalized spacial score (nSPS) is 12.4. The third-order valence-corrected chi connectivity index (χ3v) is 3.14. The molecule has 1 unspecified atom stereocenters. The quantitative estimate of drug-likeness (QED) is 0.339. The molecular formula is C15H20ClN3O6. The summed E-state index contributed by atoms with van der Waals surface area (Å²) in [5.41, 5.74) is 2.50. The fraction of sp³-hybridized carbons (Fsp3) is 0.400. The fourth-order valence-corrected chi connectivity index (χ4v) is 1.96. The predicted molar refractivity (Wildman–Crippen MR) is 90.8 cm³/mol. The van der Waals surface area contributed by atoms with Crippen molar-refractivity contribution in [3.05, 3.63) is 28.4 Å². The Bertz CT molecular complexity index is 636. The lowest BCUT2D eigenvalue weighted by Gasteiger charge is -2.15. The molecule has 0 saturated heterocycles. The van der Waals surface area contributed by atoms with Gasteiger partial charge < -0.3 is 14.7 Å². The largest absolute Gasteiger partial charge is 0.595 e. The van der Waals surface area contributed by atoms with Gasteiger partial charge in [-0.2, -0.15) is 10.3 Å². The van der Waals surface area contributed by atoms with Crippen LogP contribution in [0.2, 0.25) is 5.02 Å². The van der Waals surface area contributed by atoms with Crippen molar-refractivity contribution < 1.29 is 29.5 Å². The zero-order valence-electron chi connectivity index (χ0n) is 13.9. The van der Waals surface area contributed by atoms with Gasteiger partial charge in [0.05, 0.1) is 19.6 Å². The number of hydrazone groups is 1. The van der Waals surface area contributed by atoms with Crippen molar-refractivity contribution in [2.75, 3.05) is 18.6 Å². The molecule has 0 fully saturated rings. The van der Waals surface area contributed by atoms with Crippen molar-refractivity contribution in [1.82, 2.24) is 0 Å². The molecule has 0 aromatic heterocycles. The summed E-state index contributed by atoms with van der Waals surface area (Å²) in [4.78, 5) is 23.4. The molecule has 25 heavy (non-hydrogen) atoms. The molecule has 3 N–H and O–H groups in total. The zero-order valence-corrected chi connectivity index (χ0v) is 14.6. The van der Waals surface area contributed by atoms with Crippen molar-refractivity contribution >= 4 is 40.6 Å². The minimum atomic E-state index is -1.20. The number of nitrogens with zero attached hydrogens (tertiary/aromatic N) is 1. The molecule has 0 amide bonds. The maximum Gasteiger partial charge on any atom is 0.354 e. The zero-order chi connectivity index (χ0) is 18.8. The molecule has 1 aromatic rings. The van der Waals surface area contributed by atoms with Gasteiger partial charge in [0.1, 0.15) is 11.4 Å². The summed E-state index contributed by atoms with van der Waals surface area (Å²) in [6.07, 6.45) is -0.0692. The summed E-state index contributed by atoms with van der Waals surface area (Å²) in [6, 6.07) is 4.16. The molecule has 9 nitrogen and oxygen atoms in total. The second-order valence-electron chi connectivity index (χ2n) is 4.69. The Morgan fingerprint density at radius 3 is 2.56 bits per heavy atom. The van der Waals surface area contributed by atoms with Crippen LogP contribution in [0.3, 0.4) is 0 Å². The van der Waals surface area contributed by atoms with Crippen LogP contribution in [0.1, 0.15) is 26.7 Å². The van der Waals surface area contributed by atoms with Crippen molar-refractivity contribution in [2.45, 2.75) is 26.7 Å². The average Bonchev–Trinajstić information content (AvgIpc) is 2.56. The van der Waals surface area contributed by atoms with Gasteiger partial charge in [-0.25, -0.2) is 10.0 Å². The van der Waals surface area contributed by atoms with Crippen molar-refractivity contribution in [2.24, 2.45) is 5.10 Å². The van der Waals surface area contributed by atoms with E-state index in [1.165, 1.54) is 18.2 Å². The molecule has 0 heterocycles. The van der Waals surface area contributed by atoms with Gasteiger partial charge in [-0.3, -0.25) is 10.2 Å². The summed E-state index contributed by atoms with van der Waals surface area (Å²) in [6.45, 7) is 3.68. The standard InChI is InChI=1S/C15H20ClN3O6/c1-3-24-14(20)8-7-12(15(21)25-4-2)18-17-11-6-5-10(16)9-13(11)19(22)23/h5-6,9,17,19,22H,3-4,7-8H2,1-2H3/b18-12+. The van der Waals surface area contributed by atoms with E-state index in [-0.39, 0.29) is 48.2 Å². The number of halogens is 1. The first-order valence-corrected chi connectivity index (χ1v) is 7.95. The molecule has 0 spiro atoms. The van der Waals surface area contributed by atoms with Crippen LogP contribution in [0.25, 0.3) is 0 Å². The lowest BCUT2D eigenvalue weighted by atomic mass is 10.2. The Labute approximate surface area is 149 Å². The first-order valence-electron chi connectivity index (χ1n) is 7.57. The second kappa shape index (κ2) is 10.6. The van der Waals surface area contributed by atoms with E-state index in [1.54, 1.807) is 13.8 Å². The van der Waals surface area contributed by atoms with Crippen LogP contribution >= 0.6 is 11.6 Å². The Hall–Kier alpha value is -2.20. The van der Waals surface area contributed by atoms with Crippen LogP contribution < -0.4 is 10.7 Å². The number of carbonyl (C=O) groups excluding carboxylic acids is 2. The first-order chi connectivity index (χ1) is 11.9. The Kier molecular flexibility index (Phi) is 8.86. The van der Waals surface area contributed by atoms with E-state index in [2.05, 4.69) is 10.5 Å². The Morgan fingerprint density at radius 1 is 1.28 bits per heavy atom. The van der Waals surface area contributed by atoms with Gasteiger partial charge >= 0.3 is 11.9 Å². The molecule has 138 valence electrons. The highest BCUT2D eigenvalue weighted by Gasteiger charge is 2.17. The third-order valence-electron chi connectivity index (χ3n) is 2.91. The number of rotatable bonds is 9. The number of quaternary nitrogens is 1. The maximum atomic E-state index is 11.9. The van der Waals surface area contributed by atoms with Gasteiger partial charge in [-0.1, -0.05) is 11.6 Å². The topological polar surface area (TPSA) is 125 Å². The van der Waals surface area contributed by atoms with Crippen LogP contribution in [-0.4, -0.2) is 36.1 Å². The van der Waals surface area contributed by atoms with E-state index in [4.69, 9.17) is 21.1 Å². The summed E-state index contributed by atoms with van der Waals surface area (Å²) >= 11 is 5.78. The summed E-state index contributed by atoms with van der Waals surface area (Å²) < 4.78 is 9.68. The summed E-state index contributed by atoms with van der Waals surface area (Å²) in [5.74, 6) is -1.18. The molecule has 0 aliphatic carbocycles. The van der Waals surface area contributed by atoms with Crippen LogP contribution in [0, 0.1) is 5.21 Å². The van der Waals surface area contributed by atoms with Crippen molar-refractivity contribution in [3.63, 3.8) is 0 Å². The number of anilines is 1. The number of esters is 2. The molecule has 1 rings (SSSR count). The van der Waals surface area contributed by atoms with E-state index in [0.717, 1.165) is 0 Å². The molecule has 0 bridgehead atoms. The highest BCUT2D eigenvalue weighted by atomic mass is 35.5. The molecule has 10 heteroatoms. The highest BCUT2D eigenvalue weighted by Crippen LogP contribution is 2.22. The molecule has 1 atom stereocenters. The molecular weight excluding hydrogens is 354 g/mol. The molecule has 1 aromatic carbocycles. The lowest BCUT2D eigenvalue weighted by molar-refractivity contribution is -0.990. The second-order valence-corrected chi connectivity index (χ2v) is 5.13. The van der Waals surface area contributed by atoms with Gasteiger partial charge in [0, 0.05) is 17.5 Å². The van der Waals surface area contributed by atoms with E-state index in [1.807, 2.05) is 0 Å². The number of hydrogen-bond donors (Lipinski definition) is 3. The van der Waals surface area contributed by atoms with Crippen molar-refractivity contribution in [1.29, 1.82) is 0 Å². The molecule has 0 aliphatic heterocycles. The van der Waals surface area contributed by atoms with Gasteiger partial charge in [-0.15, -0.1) is 0 Å². The smallest absolute Gasteiger partial charge is 0.354 e. The van der Waals surface area contributed by atoms with Crippen LogP contribution in [0.4, 0.5) is 11.4 Å². The summed E-state index contributed by atoms with van der Waals surface area (Å²) in [5, 5.41) is 23.4. The number of carbonyl (C=O) groups is 2. The fourth-order valence-electron chi connectivity index (χ4n) is 1.79. The molecule has 0 aliphatic rings. The van der Waals surface area contributed by atoms with E-state index >= 15 is 0 Å². The lowest BCUT2D eigenvalue weighted by Crippen LogP contribution is -2.99. The molecule has 0 radical (unpaired) electrons. The SMILES string of the molecule is CCOC(=O)CC/C(=N\Nc1ccc(Cl)cc1[NH+]([O-])O)C(=O)OCC. The van der Waals surface area contributed by atoms with E-state index < -0.39 is 17.2 Å². The van der Waals surface area contributed by atoms with Gasteiger partial charge in [0.2, 0.25) is 0 Å². The minimum absolute atomic E-state index is 0.0132. The Morgan fingerprint density at radius 2 is 1.96 bits per heavy atom. The van der Waals surface area contributed by atoms with E-state index in [0.29, 0.717) is 0 Å². The van der Waals surface area contributed by atoms with Gasteiger partial charge in [-0.05, 0) is 26.0 Å². The minimum Gasteiger partial charge on any atom is -0.595 e. The van der Waals surface area contributed by atoms with Gasteiger partial charge in [0.15, 0.2) is 5.69 Å². The number of hydrogen-bond acceptors (Lipinski definition) is 8.